The highest BCUT2D eigenvalue weighted by Gasteiger charge is 2.17. The molecule has 4 rings (SSSR count). The van der Waals surface area contributed by atoms with Crippen LogP contribution in [0, 0.1) is 10.1 Å². The van der Waals surface area contributed by atoms with Crippen molar-refractivity contribution in [2.24, 2.45) is 0 Å². The van der Waals surface area contributed by atoms with E-state index in [2.05, 4.69) is 5.32 Å². The van der Waals surface area contributed by atoms with Crippen LogP contribution in [0.4, 0.5) is 17.1 Å². The summed E-state index contributed by atoms with van der Waals surface area (Å²) in [5, 5.41) is 14.4. The van der Waals surface area contributed by atoms with E-state index in [1.165, 1.54) is 6.07 Å². The van der Waals surface area contributed by atoms with E-state index in [0.717, 1.165) is 0 Å². The number of anilines is 2. The minimum Gasteiger partial charge on any atom is -0.489 e. The molecule has 32 heavy (non-hydrogen) atoms. The Morgan fingerprint density at radius 3 is 2.22 bits per heavy atom. The number of benzene rings is 4. The summed E-state index contributed by atoms with van der Waals surface area (Å²) in [6.07, 6.45) is 0. The maximum absolute atomic E-state index is 13.1. The molecule has 0 aliphatic rings. The molecule has 0 aromatic heterocycles. The van der Waals surface area contributed by atoms with Crippen LogP contribution in [0.3, 0.4) is 0 Å². The third-order valence-corrected chi connectivity index (χ3v) is 4.90. The summed E-state index contributed by atoms with van der Waals surface area (Å²) >= 11 is 0. The van der Waals surface area contributed by atoms with Gasteiger partial charge in [0.15, 0.2) is 5.78 Å². The fraction of sp³-hybridized carbons (Fsp3) is 0.0385. The largest absolute Gasteiger partial charge is 0.489 e. The monoisotopic (exact) mass is 424 g/mol. The molecular weight excluding hydrogens is 404 g/mol. The number of nitro benzene ring substituents is 1. The predicted molar refractivity (Wildman–Crippen MR) is 123 cm³/mol. The smallest absolute Gasteiger partial charge is 0.292 e. The molecule has 0 aliphatic heterocycles. The number of nitro groups is 1. The first-order chi connectivity index (χ1) is 15.6. The van der Waals surface area contributed by atoms with E-state index in [4.69, 9.17) is 4.74 Å². The van der Waals surface area contributed by atoms with E-state index in [9.17, 15) is 14.9 Å². The first-order valence-electron chi connectivity index (χ1n) is 10.0. The molecule has 0 bridgehead atoms. The second-order valence-corrected chi connectivity index (χ2v) is 7.07. The normalized spacial score (nSPS) is 10.4. The van der Waals surface area contributed by atoms with E-state index in [1.54, 1.807) is 48.5 Å². The molecule has 4 aromatic rings. The van der Waals surface area contributed by atoms with Crippen LogP contribution < -0.4 is 10.1 Å². The highest BCUT2D eigenvalue weighted by Crippen LogP contribution is 2.29. The topological polar surface area (TPSA) is 81.5 Å². The highest BCUT2D eigenvalue weighted by molar-refractivity contribution is 6.10. The van der Waals surface area contributed by atoms with Gasteiger partial charge in [0.2, 0.25) is 0 Å². The number of nitrogens with one attached hydrogen (secondary N) is 1. The van der Waals surface area contributed by atoms with Crippen LogP contribution in [0.1, 0.15) is 21.5 Å². The van der Waals surface area contributed by atoms with Gasteiger partial charge in [-0.2, -0.15) is 0 Å². The molecule has 0 saturated carbocycles. The number of para-hydroxylation sites is 3. The summed E-state index contributed by atoms with van der Waals surface area (Å²) in [7, 11) is 0. The van der Waals surface area contributed by atoms with Crippen LogP contribution in [0.5, 0.6) is 5.75 Å². The lowest BCUT2D eigenvalue weighted by atomic mass is 9.98. The Bertz CT molecular complexity index is 1240. The Labute approximate surface area is 185 Å². The van der Waals surface area contributed by atoms with Gasteiger partial charge in [-0.15, -0.1) is 0 Å². The Balaban J connectivity index is 1.68. The first-order valence-corrected chi connectivity index (χ1v) is 10.0. The number of ether oxygens (including phenoxy) is 1. The Hall–Kier alpha value is -4.45. The quantitative estimate of drug-likeness (QED) is 0.208. The van der Waals surface area contributed by atoms with E-state index >= 15 is 0 Å². The lowest BCUT2D eigenvalue weighted by Gasteiger charge is -2.14. The molecule has 0 aliphatic carbocycles. The van der Waals surface area contributed by atoms with Gasteiger partial charge < -0.3 is 10.1 Å². The van der Waals surface area contributed by atoms with Crippen LogP contribution in [0.2, 0.25) is 0 Å². The van der Waals surface area contributed by atoms with Crippen molar-refractivity contribution in [3.63, 3.8) is 0 Å². The van der Waals surface area contributed by atoms with Crippen molar-refractivity contribution in [2.75, 3.05) is 5.32 Å². The molecule has 0 spiro atoms. The summed E-state index contributed by atoms with van der Waals surface area (Å²) in [6.45, 7) is 0.171. The second-order valence-electron chi connectivity index (χ2n) is 7.07. The summed E-state index contributed by atoms with van der Waals surface area (Å²) in [4.78, 5) is 24.0. The van der Waals surface area contributed by atoms with Crippen LogP contribution >= 0.6 is 0 Å². The summed E-state index contributed by atoms with van der Waals surface area (Å²) in [6, 6.07) is 30.0. The number of rotatable bonds is 8. The zero-order valence-electron chi connectivity index (χ0n) is 17.1. The molecule has 0 atom stereocenters. The van der Waals surface area contributed by atoms with E-state index in [-0.39, 0.29) is 18.1 Å². The Morgan fingerprint density at radius 1 is 0.844 bits per heavy atom. The SMILES string of the molecule is O=C(c1ccccc1)c1ccc(Nc2ccccc2[N+](=O)[O-])cc1COc1ccccc1. The second kappa shape index (κ2) is 9.57. The molecule has 0 amide bonds. The molecule has 158 valence electrons. The van der Waals surface area contributed by atoms with Gasteiger partial charge in [0.05, 0.1) is 4.92 Å². The van der Waals surface area contributed by atoms with Crippen molar-refractivity contribution in [1.29, 1.82) is 0 Å². The molecule has 0 fully saturated rings. The van der Waals surface area contributed by atoms with Crippen molar-refractivity contribution >= 4 is 22.8 Å². The van der Waals surface area contributed by atoms with Gasteiger partial charge in [-0.05, 0) is 36.4 Å². The molecule has 4 aromatic carbocycles. The summed E-state index contributed by atoms with van der Waals surface area (Å²) < 4.78 is 5.90. The van der Waals surface area contributed by atoms with Gasteiger partial charge in [0.25, 0.3) is 5.69 Å². The molecule has 6 nitrogen and oxygen atoms in total. The van der Waals surface area contributed by atoms with E-state index < -0.39 is 4.92 Å². The average Bonchev–Trinajstić information content (AvgIpc) is 2.84. The molecule has 0 heterocycles. The molecular formula is C26H20N2O4. The fourth-order valence-electron chi connectivity index (χ4n) is 3.33. The summed E-state index contributed by atoms with van der Waals surface area (Å²) in [5.74, 6) is 0.567. The molecule has 0 saturated heterocycles. The Morgan fingerprint density at radius 2 is 1.50 bits per heavy atom. The molecule has 1 N–H and O–H groups in total. The van der Waals surface area contributed by atoms with Gasteiger partial charge in [-0.25, -0.2) is 0 Å². The predicted octanol–water partition coefficient (Wildman–Crippen LogP) is 6.15. The van der Waals surface area contributed by atoms with Gasteiger partial charge in [0.1, 0.15) is 18.0 Å². The molecule has 6 heteroatoms. The third-order valence-electron chi connectivity index (χ3n) is 4.90. The molecule has 0 radical (unpaired) electrons. The lowest BCUT2D eigenvalue weighted by molar-refractivity contribution is -0.383. The van der Waals surface area contributed by atoms with Crippen molar-refractivity contribution < 1.29 is 14.5 Å². The fourth-order valence-corrected chi connectivity index (χ4v) is 3.33. The molecule has 0 unspecified atom stereocenters. The highest BCUT2D eigenvalue weighted by atomic mass is 16.6. The van der Waals surface area contributed by atoms with Crippen molar-refractivity contribution in [3.8, 4) is 5.75 Å². The van der Waals surface area contributed by atoms with E-state index in [1.807, 2.05) is 48.5 Å². The van der Waals surface area contributed by atoms with Gasteiger partial charge in [-0.1, -0.05) is 60.7 Å². The zero-order chi connectivity index (χ0) is 22.3. The number of ketones is 1. The van der Waals surface area contributed by atoms with Crippen LogP contribution in [-0.4, -0.2) is 10.7 Å². The third kappa shape index (κ3) is 4.82. The number of carbonyl (C=O) groups is 1. The lowest BCUT2D eigenvalue weighted by Crippen LogP contribution is -2.09. The Kier molecular flexibility index (Phi) is 6.22. The van der Waals surface area contributed by atoms with Crippen LogP contribution in [0.15, 0.2) is 103 Å². The van der Waals surface area contributed by atoms with Gasteiger partial charge >= 0.3 is 0 Å². The minimum atomic E-state index is -0.435. The average molecular weight is 424 g/mol. The van der Waals surface area contributed by atoms with Gasteiger partial charge in [-0.3, -0.25) is 14.9 Å². The van der Waals surface area contributed by atoms with Crippen LogP contribution in [-0.2, 0) is 6.61 Å². The maximum atomic E-state index is 13.1. The van der Waals surface area contributed by atoms with Crippen LogP contribution in [0.25, 0.3) is 0 Å². The number of hydrogen-bond acceptors (Lipinski definition) is 5. The number of hydrogen-bond donors (Lipinski definition) is 1. The maximum Gasteiger partial charge on any atom is 0.292 e. The summed E-state index contributed by atoms with van der Waals surface area (Å²) in [5.41, 5.74) is 2.73. The number of nitrogens with zero attached hydrogens (tertiary/aromatic N) is 1. The standard InChI is InChI=1S/C26H20N2O4/c29-26(19-9-3-1-4-10-19)23-16-15-21(27-24-13-7-8-14-25(24)28(30)31)17-20(23)18-32-22-11-5-2-6-12-22/h1-17,27H,18H2. The van der Waals surface area contributed by atoms with Crippen molar-refractivity contribution in [1.82, 2.24) is 0 Å². The minimum absolute atomic E-state index is 0.0287. The van der Waals surface area contributed by atoms with E-state index in [0.29, 0.717) is 33.8 Å². The van der Waals surface area contributed by atoms with Crippen molar-refractivity contribution in [3.05, 3.63) is 130 Å². The number of carbonyl (C=O) groups excluding carboxylic acids is 1. The van der Waals surface area contributed by atoms with Crippen molar-refractivity contribution in [2.45, 2.75) is 6.61 Å². The zero-order valence-corrected chi connectivity index (χ0v) is 17.1. The first kappa shape index (κ1) is 20.8. The van der Waals surface area contributed by atoms with Gasteiger partial charge in [0, 0.05) is 28.4 Å².